The number of ether oxygens (including phenoxy) is 2. The average molecular weight is 398 g/mol. The molecule has 0 radical (unpaired) electrons. The Morgan fingerprint density at radius 1 is 1.00 bits per heavy atom. The molecule has 7 heteroatoms. The number of hydrogen-bond donors (Lipinski definition) is 2. The predicted octanol–water partition coefficient (Wildman–Crippen LogP) is 3.36. The molecule has 0 aromatic heterocycles. The summed E-state index contributed by atoms with van der Waals surface area (Å²) in [6, 6.07) is 13.8. The first-order valence-electron chi connectivity index (χ1n) is 9.52. The second-order valence-corrected chi connectivity index (χ2v) is 6.45. The van der Waals surface area contributed by atoms with Crippen molar-refractivity contribution in [2.75, 3.05) is 13.2 Å². The number of para-hydroxylation sites is 1. The highest BCUT2D eigenvalue weighted by atomic mass is 16.5. The van der Waals surface area contributed by atoms with Gasteiger partial charge in [0.15, 0.2) is 6.61 Å². The third kappa shape index (κ3) is 7.29. The molecule has 29 heavy (non-hydrogen) atoms. The monoisotopic (exact) mass is 398 g/mol. The Balaban J connectivity index is 1.88. The molecule has 7 nitrogen and oxygen atoms in total. The van der Waals surface area contributed by atoms with E-state index in [0.29, 0.717) is 18.9 Å². The van der Waals surface area contributed by atoms with Gasteiger partial charge in [-0.2, -0.15) is 0 Å². The number of carbonyl (C=O) groups excluding carboxylic acids is 3. The lowest BCUT2D eigenvalue weighted by Crippen LogP contribution is -2.41. The van der Waals surface area contributed by atoms with Crippen LogP contribution in [0.4, 0.5) is 4.79 Å². The van der Waals surface area contributed by atoms with Gasteiger partial charge in [0.25, 0.3) is 5.91 Å². The Morgan fingerprint density at radius 2 is 1.72 bits per heavy atom. The number of esters is 1. The molecule has 0 bridgehead atoms. The second-order valence-electron chi connectivity index (χ2n) is 6.45. The number of imide groups is 1. The molecule has 0 atom stereocenters. The summed E-state index contributed by atoms with van der Waals surface area (Å²) < 4.78 is 10.8. The van der Waals surface area contributed by atoms with Gasteiger partial charge in [0.2, 0.25) is 0 Å². The largest absolute Gasteiger partial charge is 0.488 e. The zero-order chi connectivity index (χ0) is 21.1. The van der Waals surface area contributed by atoms with Crippen LogP contribution in [0.3, 0.4) is 0 Å². The first-order valence-corrected chi connectivity index (χ1v) is 9.52. The van der Waals surface area contributed by atoms with Crippen LogP contribution >= 0.6 is 0 Å². The molecule has 2 aromatic carbocycles. The van der Waals surface area contributed by atoms with Crippen LogP contribution in [0.25, 0.3) is 0 Å². The molecule has 0 aliphatic heterocycles. The lowest BCUT2D eigenvalue weighted by molar-refractivity contribution is -0.123. The molecular formula is C22H26N2O5. The van der Waals surface area contributed by atoms with E-state index in [0.717, 1.165) is 24.0 Å². The number of urea groups is 1. The van der Waals surface area contributed by atoms with E-state index >= 15 is 0 Å². The summed E-state index contributed by atoms with van der Waals surface area (Å²) in [5.41, 5.74) is 2.30. The number of hydrogen-bond acceptors (Lipinski definition) is 5. The van der Waals surface area contributed by atoms with Gasteiger partial charge in [0.05, 0.1) is 0 Å². The fourth-order valence-corrected chi connectivity index (χ4v) is 2.48. The van der Waals surface area contributed by atoms with Gasteiger partial charge in [-0.25, -0.2) is 9.59 Å². The summed E-state index contributed by atoms with van der Waals surface area (Å²) in [7, 11) is 0. The number of unbranched alkanes of at least 4 members (excludes halogenated alkanes) is 1. The normalized spacial score (nSPS) is 10.1. The third-order valence-corrected chi connectivity index (χ3v) is 4.15. The minimum absolute atomic E-state index is 0.210. The molecule has 2 rings (SSSR count). The molecule has 0 spiro atoms. The van der Waals surface area contributed by atoms with Crippen molar-refractivity contribution in [2.45, 2.75) is 33.3 Å². The van der Waals surface area contributed by atoms with Gasteiger partial charge in [0.1, 0.15) is 17.9 Å². The van der Waals surface area contributed by atoms with Crippen molar-refractivity contribution in [3.05, 3.63) is 65.2 Å². The van der Waals surface area contributed by atoms with Crippen molar-refractivity contribution >= 4 is 17.9 Å². The van der Waals surface area contributed by atoms with Crippen molar-refractivity contribution in [1.29, 1.82) is 0 Å². The fraction of sp³-hybridized carbons (Fsp3) is 0.318. The smallest absolute Gasteiger partial charge is 0.342 e. The van der Waals surface area contributed by atoms with Crippen LogP contribution in [0.2, 0.25) is 0 Å². The quantitative estimate of drug-likeness (QED) is 0.499. The van der Waals surface area contributed by atoms with Gasteiger partial charge in [-0.15, -0.1) is 0 Å². The first kappa shape index (κ1) is 21.9. The van der Waals surface area contributed by atoms with Crippen LogP contribution in [0, 0.1) is 6.92 Å². The van der Waals surface area contributed by atoms with E-state index < -0.39 is 24.5 Å². The van der Waals surface area contributed by atoms with Crippen molar-refractivity contribution in [1.82, 2.24) is 10.6 Å². The number of carbonyl (C=O) groups is 3. The molecule has 0 aliphatic carbocycles. The Morgan fingerprint density at radius 3 is 2.48 bits per heavy atom. The summed E-state index contributed by atoms with van der Waals surface area (Å²) in [6.07, 6.45) is 1.74. The number of rotatable bonds is 9. The molecule has 0 fully saturated rings. The molecule has 0 unspecified atom stereocenters. The Kier molecular flexibility index (Phi) is 8.69. The van der Waals surface area contributed by atoms with Gasteiger partial charge < -0.3 is 14.8 Å². The van der Waals surface area contributed by atoms with E-state index in [1.165, 1.54) is 0 Å². The molecule has 2 aromatic rings. The highest BCUT2D eigenvalue weighted by molar-refractivity contribution is 5.97. The molecule has 0 heterocycles. The number of nitrogens with one attached hydrogen (secondary N) is 2. The van der Waals surface area contributed by atoms with Gasteiger partial charge >= 0.3 is 12.0 Å². The maximum atomic E-state index is 12.4. The van der Waals surface area contributed by atoms with E-state index in [2.05, 4.69) is 10.6 Å². The minimum atomic E-state index is -0.703. The molecule has 154 valence electrons. The maximum Gasteiger partial charge on any atom is 0.342 e. The van der Waals surface area contributed by atoms with Gasteiger partial charge in [-0.1, -0.05) is 49.7 Å². The topological polar surface area (TPSA) is 93.7 Å². The summed E-state index contributed by atoms with van der Waals surface area (Å²) in [5.74, 6) is -1.05. The minimum Gasteiger partial charge on any atom is -0.488 e. The summed E-state index contributed by atoms with van der Waals surface area (Å²) in [4.78, 5) is 35.7. The van der Waals surface area contributed by atoms with Gasteiger partial charge in [0, 0.05) is 6.54 Å². The van der Waals surface area contributed by atoms with Gasteiger partial charge in [-0.3, -0.25) is 10.1 Å². The van der Waals surface area contributed by atoms with E-state index in [-0.39, 0.29) is 5.56 Å². The molecule has 0 aliphatic rings. The van der Waals surface area contributed by atoms with Crippen LogP contribution in [0.5, 0.6) is 5.75 Å². The van der Waals surface area contributed by atoms with Crippen molar-refractivity contribution in [3.8, 4) is 5.75 Å². The molecule has 0 saturated heterocycles. The average Bonchev–Trinajstić information content (AvgIpc) is 2.72. The van der Waals surface area contributed by atoms with Gasteiger partial charge in [-0.05, 0) is 36.6 Å². The van der Waals surface area contributed by atoms with Crippen molar-refractivity contribution in [2.24, 2.45) is 0 Å². The standard InChI is InChI=1S/C22H26N2O5/c1-3-4-13-23-22(27)24-20(25)15-29-21(26)18-11-7-8-12-19(18)28-14-17-10-6-5-9-16(17)2/h5-12H,3-4,13-15H2,1-2H3,(H2,23,24,25,27). The lowest BCUT2D eigenvalue weighted by atomic mass is 10.1. The van der Waals surface area contributed by atoms with Crippen LogP contribution < -0.4 is 15.4 Å². The SMILES string of the molecule is CCCCNC(=O)NC(=O)COC(=O)c1ccccc1OCc1ccccc1C. The maximum absolute atomic E-state index is 12.4. The van der Waals surface area contributed by atoms with Crippen LogP contribution in [-0.4, -0.2) is 31.1 Å². The number of aryl methyl sites for hydroxylation is 1. The van der Waals surface area contributed by atoms with Crippen molar-refractivity contribution in [3.63, 3.8) is 0 Å². The fourth-order valence-electron chi connectivity index (χ4n) is 2.48. The summed E-state index contributed by atoms with van der Waals surface area (Å²) >= 11 is 0. The van der Waals surface area contributed by atoms with E-state index in [1.54, 1.807) is 24.3 Å². The summed E-state index contributed by atoms with van der Waals surface area (Å²) in [5, 5.41) is 4.66. The van der Waals surface area contributed by atoms with Crippen LogP contribution in [-0.2, 0) is 16.1 Å². The highest BCUT2D eigenvalue weighted by Gasteiger charge is 2.16. The number of benzene rings is 2. The Hall–Kier alpha value is -3.35. The Labute approximate surface area is 170 Å². The van der Waals surface area contributed by atoms with Crippen LogP contribution in [0.15, 0.2) is 48.5 Å². The highest BCUT2D eigenvalue weighted by Crippen LogP contribution is 2.21. The van der Waals surface area contributed by atoms with E-state index in [1.807, 2.05) is 38.1 Å². The zero-order valence-electron chi connectivity index (χ0n) is 16.7. The molecular weight excluding hydrogens is 372 g/mol. The second kappa shape index (κ2) is 11.5. The number of amides is 3. The van der Waals surface area contributed by atoms with Crippen LogP contribution in [0.1, 0.15) is 41.3 Å². The first-order chi connectivity index (χ1) is 14.0. The predicted molar refractivity (Wildman–Crippen MR) is 109 cm³/mol. The molecule has 3 amide bonds. The molecule has 2 N–H and O–H groups in total. The van der Waals surface area contributed by atoms with Crippen molar-refractivity contribution < 1.29 is 23.9 Å². The van der Waals surface area contributed by atoms with E-state index in [9.17, 15) is 14.4 Å². The Bertz CT molecular complexity index is 851. The zero-order valence-corrected chi connectivity index (χ0v) is 16.7. The molecule has 0 saturated carbocycles. The lowest BCUT2D eigenvalue weighted by Gasteiger charge is -2.12. The van der Waals surface area contributed by atoms with E-state index in [4.69, 9.17) is 9.47 Å². The summed E-state index contributed by atoms with van der Waals surface area (Å²) in [6.45, 7) is 4.19. The third-order valence-electron chi connectivity index (χ3n) is 4.15.